The zero-order chi connectivity index (χ0) is 13.7. The third-order valence-electron chi connectivity index (χ3n) is 1.66. The van der Waals surface area contributed by atoms with Gasteiger partial charge in [-0.1, -0.05) is 0 Å². The summed E-state index contributed by atoms with van der Waals surface area (Å²) in [5, 5.41) is 11.7. The predicted octanol–water partition coefficient (Wildman–Crippen LogP) is 1.69. The summed E-state index contributed by atoms with van der Waals surface area (Å²) in [4.78, 5) is 11.5. The molecule has 17 heavy (non-hydrogen) atoms. The van der Waals surface area contributed by atoms with Crippen molar-refractivity contribution in [2.75, 3.05) is 13.2 Å². The van der Waals surface area contributed by atoms with Crippen molar-refractivity contribution in [3.63, 3.8) is 0 Å². The van der Waals surface area contributed by atoms with Gasteiger partial charge in [-0.25, -0.2) is 4.79 Å². The minimum absolute atomic E-state index is 0.185. The maximum absolute atomic E-state index is 11.5. The monoisotopic (exact) mass is 247 g/mol. The van der Waals surface area contributed by atoms with Gasteiger partial charge in [0, 0.05) is 0 Å². The molecule has 2 N–H and O–H groups in total. The first-order valence-electron chi connectivity index (χ1n) is 5.78. The number of carbonyl (C=O) groups excluding carboxylic acids is 1. The van der Waals surface area contributed by atoms with Crippen molar-refractivity contribution in [3.8, 4) is 0 Å². The van der Waals surface area contributed by atoms with E-state index in [0.717, 1.165) is 0 Å². The van der Waals surface area contributed by atoms with Gasteiger partial charge in [-0.3, -0.25) is 0 Å². The molecule has 102 valence electrons. The number of carbonyl (C=O) groups is 1. The van der Waals surface area contributed by atoms with Crippen LogP contribution in [-0.4, -0.2) is 41.7 Å². The van der Waals surface area contributed by atoms with Crippen LogP contribution < -0.4 is 5.32 Å². The van der Waals surface area contributed by atoms with E-state index in [1.807, 2.05) is 20.8 Å². The van der Waals surface area contributed by atoms with E-state index >= 15 is 0 Å². The summed E-state index contributed by atoms with van der Waals surface area (Å²) in [6, 6.07) is -0.455. The Kier molecular flexibility index (Phi) is 5.92. The molecule has 0 aliphatic heterocycles. The lowest BCUT2D eigenvalue weighted by Crippen LogP contribution is -2.44. The zero-order valence-corrected chi connectivity index (χ0v) is 11.7. The smallest absolute Gasteiger partial charge is 0.408 e. The fraction of sp³-hybridized carbons (Fsp3) is 0.917. The van der Waals surface area contributed by atoms with Gasteiger partial charge in [0.2, 0.25) is 0 Å². The highest BCUT2D eigenvalue weighted by Gasteiger charge is 2.20. The van der Waals surface area contributed by atoms with Crippen molar-refractivity contribution < 1.29 is 19.4 Å². The quantitative estimate of drug-likeness (QED) is 0.793. The normalized spacial score (nSPS) is 14.3. The molecule has 0 spiro atoms. The van der Waals surface area contributed by atoms with E-state index < -0.39 is 17.7 Å². The van der Waals surface area contributed by atoms with Gasteiger partial charge in [0.05, 0.1) is 24.9 Å². The van der Waals surface area contributed by atoms with Gasteiger partial charge in [0.1, 0.15) is 5.60 Å². The van der Waals surface area contributed by atoms with Crippen molar-refractivity contribution in [3.05, 3.63) is 0 Å². The largest absolute Gasteiger partial charge is 0.444 e. The van der Waals surface area contributed by atoms with Crippen LogP contribution in [0.5, 0.6) is 0 Å². The maximum atomic E-state index is 11.5. The lowest BCUT2D eigenvalue weighted by Gasteiger charge is -2.25. The molecule has 0 saturated carbocycles. The van der Waals surface area contributed by atoms with Crippen LogP contribution in [0.15, 0.2) is 0 Å². The molecule has 1 unspecified atom stereocenters. The van der Waals surface area contributed by atoms with Crippen LogP contribution in [0, 0.1) is 0 Å². The Hall–Kier alpha value is -0.810. The maximum Gasteiger partial charge on any atom is 0.408 e. The Morgan fingerprint density at radius 1 is 1.18 bits per heavy atom. The fourth-order valence-electron chi connectivity index (χ4n) is 0.965. The Morgan fingerprint density at radius 2 is 1.71 bits per heavy atom. The highest BCUT2D eigenvalue weighted by Crippen LogP contribution is 2.09. The highest BCUT2D eigenvalue weighted by molar-refractivity contribution is 5.68. The van der Waals surface area contributed by atoms with E-state index in [9.17, 15) is 4.79 Å². The molecule has 0 rings (SSSR count). The first-order valence-corrected chi connectivity index (χ1v) is 5.78. The zero-order valence-electron chi connectivity index (χ0n) is 11.7. The minimum Gasteiger partial charge on any atom is -0.444 e. The van der Waals surface area contributed by atoms with Gasteiger partial charge in [-0.2, -0.15) is 0 Å². The number of amides is 1. The molecule has 0 aromatic carbocycles. The molecule has 0 saturated heterocycles. The number of alkyl carbamates (subject to hydrolysis) is 1. The van der Waals surface area contributed by atoms with Gasteiger partial charge in [0.15, 0.2) is 0 Å². The molecular formula is C12H25NO4. The summed E-state index contributed by atoms with van der Waals surface area (Å²) in [6.45, 7) is 11.2. The Balaban J connectivity index is 4.09. The highest BCUT2D eigenvalue weighted by atomic mass is 16.6. The lowest BCUT2D eigenvalue weighted by atomic mass is 10.2. The Morgan fingerprint density at radius 3 is 2.06 bits per heavy atom. The molecule has 0 aromatic rings. The van der Waals surface area contributed by atoms with Crippen molar-refractivity contribution in [1.29, 1.82) is 0 Å². The van der Waals surface area contributed by atoms with Gasteiger partial charge in [0.25, 0.3) is 0 Å². The summed E-state index contributed by atoms with van der Waals surface area (Å²) >= 11 is 0. The van der Waals surface area contributed by atoms with E-state index in [4.69, 9.17) is 14.6 Å². The number of aliphatic hydroxyl groups is 1. The van der Waals surface area contributed by atoms with Crippen LogP contribution >= 0.6 is 0 Å². The molecule has 1 amide bonds. The molecule has 0 heterocycles. The van der Waals surface area contributed by atoms with Crippen LogP contribution in [0.4, 0.5) is 4.79 Å². The Labute approximate surface area is 103 Å². The van der Waals surface area contributed by atoms with Crippen LogP contribution in [0.2, 0.25) is 0 Å². The van der Waals surface area contributed by atoms with Crippen LogP contribution in [0.25, 0.3) is 0 Å². The van der Waals surface area contributed by atoms with Crippen LogP contribution in [0.1, 0.15) is 41.5 Å². The molecule has 0 bridgehead atoms. The first kappa shape index (κ1) is 16.2. The number of rotatable bonds is 4. The minimum atomic E-state index is -0.547. The van der Waals surface area contributed by atoms with Gasteiger partial charge in [-0.05, 0) is 41.5 Å². The van der Waals surface area contributed by atoms with Gasteiger partial charge in [-0.15, -0.1) is 0 Å². The van der Waals surface area contributed by atoms with E-state index in [2.05, 4.69) is 5.32 Å². The molecule has 1 atom stereocenters. The van der Waals surface area contributed by atoms with E-state index in [-0.39, 0.29) is 18.8 Å². The van der Waals surface area contributed by atoms with Crippen LogP contribution in [-0.2, 0) is 9.47 Å². The average Bonchev–Trinajstić information content (AvgIpc) is 2.07. The molecule has 0 fully saturated rings. The third-order valence-corrected chi connectivity index (χ3v) is 1.66. The summed E-state index contributed by atoms with van der Waals surface area (Å²) in [7, 11) is 0. The van der Waals surface area contributed by atoms with Gasteiger partial charge < -0.3 is 19.9 Å². The summed E-state index contributed by atoms with van der Waals surface area (Å²) in [6.07, 6.45) is -0.547. The number of aliphatic hydroxyl groups excluding tert-OH is 1. The standard InChI is InChI=1S/C12H25NO4/c1-11(2,3)16-8-9(7-14)13-10(15)17-12(4,5)6/h9,14H,7-8H2,1-6H3,(H,13,15). The SMILES string of the molecule is CC(C)(C)OCC(CO)NC(=O)OC(C)(C)C. The fourth-order valence-corrected chi connectivity index (χ4v) is 0.965. The number of hydrogen-bond acceptors (Lipinski definition) is 4. The molecule has 0 aliphatic carbocycles. The first-order chi connectivity index (χ1) is 7.53. The van der Waals surface area contributed by atoms with Crippen molar-refractivity contribution in [1.82, 2.24) is 5.32 Å². The number of hydrogen-bond donors (Lipinski definition) is 2. The van der Waals surface area contributed by atoms with E-state index in [0.29, 0.717) is 0 Å². The average molecular weight is 247 g/mol. The van der Waals surface area contributed by atoms with E-state index in [1.54, 1.807) is 20.8 Å². The Bertz CT molecular complexity index is 240. The second-order valence-electron chi connectivity index (χ2n) is 5.95. The number of nitrogens with one attached hydrogen (secondary N) is 1. The molecular weight excluding hydrogens is 222 g/mol. The summed E-state index contributed by atoms with van der Waals surface area (Å²) < 4.78 is 10.6. The van der Waals surface area contributed by atoms with Crippen molar-refractivity contribution in [2.45, 2.75) is 58.8 Å². The summed E-state index contributed by atoms with van der Waals surface area (Å²) in [5.41, 5.74) is -0.849. The van der Waals surface area contributed by atoms with Gasteiger partial charge >= 0.3 is 6.09 Å². The third kappa shape index (κ3) is 10.1. The molecule has 5 nitrogen and oxygen atoms in total. The second kappa shape index (κ2) is 6.21. The second-order valence-corrected chi connectivity index (χ2v) is 5.95. The molecule has 0 aromatic heterocycles. The van der Waals surface area contributed by atoms with Crippen LogP contribution in [0.3, 0.4) is 0 Å². The van der Waals surface area contributed by atoms with E-state index in [1.165, 1.54) is 0 Å². The predicted molar refractivity (Wildman–Crippen MR) is 65.9 cm³/mol. The molecule has 0 aliphatic rings. The van der Waals surface area contributed by atoms with Crippen molar-refractivity contribution >= 4 is 6.09 Å². The number of ether oxygens (including phenoxy) is 2. The summed E-state index contributed by atoms with van der Waals surface area (Å²) in [5.74, 6) is 0. The lowest BCUT2D eigenvalue weighted by molar-refractivity contribution is -0.0239. The topological polar surface area (TPSA) is 67.8 Å². The van der Waals surface area contributed by atoms with Crippen molar-refractivity contribution in [2.24, 2.45) is 0 Å². The molecule has 5 heteroatoms. The molecule has 0 radical (unpaired) electrons.